The molecule has 0 aliphatic carbocycles. The van der Waals surface area contributed by atoms with Crippen molar-refractivity contribution in [2.24, 2.45) is 5.10 Å². The van der Waals surface area contributed by atoms with Gasteiger partial charge in [-0.2, -0.15) is 14.7 Å². The molecule has 0 saturated carbocycles. The zero-order valence-electron chi connectivity index (χ0n) is 13.0. The Morgan fingerprint density at radius 2 is 2.08 bits per heavy atom. The van der Waals surface area contributed by atoms with Crippen molar-refractivity contribution in [3.05, 3.63) is 74.9 Å². The van der Waals surface area contributed by atoms with Gasteiger partial charge in [-0.1, -0.05) is 54.2 Å². The van der Waals surface area contributed by atoms with E-state index in [1.165, 1.54) is 17.1 Å². The van der Waals surface area contributed by atoms with Crippen LogP contribution in [0.4, 0.5) is 5.00 Å². The number of hydrogen-bond donors (Lipinski definition) is 1. The van der Waals surface area contributed by atoms with Gasteiger partial charge in [-0.25, -0.2) is 0 Å². The van der Waals surface area contributed by atoms with Crippen molar-refractivity contribution in [3.63, 3.8) is 0 Å². The van der Waals surface area contributed by atoms with E-state index >= 15 is 0 Å². The highest BCUT2D eigenvalue weighted by molar-refractivity contribution is 14.1. The minimum Gasteiger partial charge on any atom is -0.266 e. The molecular weight excluding hydrogens is 463 g/mol. The highest BCUT2D eigenvalue weighted by Crippen LogP contribution is 2.32. The molecule has 0 atom stereocenters. The smallest absolute Gasteiger partial charge is 0.148 e. The van der Waals surface area contributed by atoms with Gasteiger partial charge in [0.15, 0.2) is 0 Å². The Morgan fingerprint density at radius 1 is 1.24 bits per heavy atom. The number of thioether (sulfide) groups is 1. The van der Waals surface area contributed by atoms with Gasteiger partial charge in [-0.05, 0) is 57.4 Å². The van der Waals surface area contributed by atoms with Gasteiger partial charge in [-0.3, -0.25) is 5.43 Å². The number of benzene rings is 2. The summed E-state index contributed by atoms with van der Waals surface area (Å²) in [5, 5.41) is 15.1. The van der Waals surface area contributed by atoms with Crippen LogP contribution in [0.5, 0.6) is 0 Å². The van der Waals surface area contributed by atoms with Gasteiger partial charge < -0.3 is 0 Å². The maximum atomic E-state index is 9.45. The molecule has 0 radical (unpaired) electrons. The molecule has 124 valence electrons. The Bertz CT molecular complexity index is 916. The number of nitriles is 1. The second kappa shape index (κ2) is 8.99. The fraction of sp³-hybridized carbons (Fsp3) is 0.0556. The molecule has 1 N–H and O–H groups in total. The second-order valence-electron chi connectivity index (χ2n) is 5.00. The SMILES string of the molecule is N#Cc1c(SCc2ccccc2)nsc1N/N=C\c1cccc(I)c1. The van der Waals surface area contributed by atoms with Crippen molar-refractivity contribution in [2.45, 2.75) is 10.8 Å². The fourth-order valence-corrected chi connectivity index (χ4v) is 4.36. The molecule has 7 heteroatoms. The van der Waals surface area contributed by atoms with E-state index in [0.717, 1.165) is 19.9 Å². The third kappa shape index (κ3) is 5.04. The van der Waals surface area contributed by atoms with E-state index in [0.29, 0.717) is 10.6 Å². The summed E-state index contributed by atoms with van der Waals surface area (Å²) in [5.41, 5.74) is 5.69. The first-order valence-corrected chi connectivity index (χ1v) is 10.2. The van der Waals surface area contributed by atoms with Crippen LogP contribution < -0.4 is 5.43 Å². The van der Waals surface area contributed by atoms with Crippen LogP contribution >= 0.6 is 45.9 Å². The Balaban J connectivity index is 1.66. The summed E-state index contributed by atoms with van der Waals surface area (Å²) in [7, 11) is 0. The predicted molar refractivity (Wildman–Crippen MR) is 113 cm³/mol. The number of rotatable bonds is 6. The molecule has 2 aromatic carbocycles. The Labute approximate surface area is 168 Å². The molecule has 4 nitrogen and oxygen atoms in total. The summed E-state index contributed by atoms with van der Waals surface area (Å²) in [5.74, 6) is 0.782. The molecule has 1 heterocycles. The van der Waals surface area contributed by atoms with E-state index in [1.807, 2.05) is 42.5 Å². The number of hydrogen-bond acceptors (Lipinski definition) is 6. The minimum absolute atomic E-state index is 0.547. The van der Waals surface area contributed by atoms with E-state index in [-0.39, 0.29) is 0 Å². The van der Waals surface area contributed by atoms with E-state index in [9.17, 15) is 5.26 Å². The monoisotopic (exact) mass is 476 g/mol. The first-order valence-electron chi connectivity index (χ1n) is 7.37. The lowest BCUT2D eigenvalue weighted by Gasteiger charge is -2.00. The standard InChI is InChI=1S/C18H13IN4S2/c19-15-8-4-7-14(9-15)11-21-22-17-16(10-20)18(23-25-17)24-12-13-5-2-1-3-6-13/h1-9,11,22H,12H2/b21-11-. The number of nitrogens with one attached hydrogen (secondary N) is 1. The Kier molecular flexibility index (Phi) is 6.44. The third-order valence-electron chi connectivity index (χ3n) is 3.22. The minimum atomic E-state index is 0.547. The number of halogens is 1. The Hall–Kier alpha value is -1.89. The van der Waals surface area contributed by atoms with Crippen LogP contribution in [0.25, 0.3) is 0 Å². The zero-order chi connectivity index (χ0) is 17.5. The summed E-state index contributed by atoms with van der Waals surface area (Å²) in [4.78, 5) is 0. The maximum absolute atomic E-state index is 9.45. The van der Waals surface area contributed by atoms with Gasteiger partial charge in [0.25, 0.3) is 0 Å². The van der Waals surface area contributed by atoms with E-state index in [4.69, 9.17) is 0 Å². The fourth-order valence-electron chi connectivity index (χ4n) is 2.03. The molecule has 3 rings (SSSR count). The molecule has 0 amide bonds. The molecule has 0 bridgehead atoms. The summed E-state index contributed by atoms with van der Waals surface area (Å²) < 4.78 is 5.54. The number of anilines is 1. The topological polar surface area (TPSA) is 61.1 Å². The molecule has 0 fully saturated rings. The highest BCUT2D eigenvalue weighted by Gasteiger charge is 2.13. The summed E-state index contributed by atoms with van der Waals surface area (Å²) in [6, 6.07) is 20.4. The van der Waals surface area contributed by atoms with E-state index in [2.05, 4.69) is 55.7 Å². The number of nitrogens with zero attached hydrogens (tertiary/aromatic N) is 3. The number of hydrazone groups is 1. The van der Waals surface area contributed by atoms with Crippen molar-refractivity contribution in [2.75, 3.05) is 5.43 Å². The highest BCUT2D eigenvalue weighted by atomic mass is 127. The van der Waals surface area contributed by atoms with Crippen LogP contribution in [-0.2, 0) is 5.75 Å². The van der Waals surface area contributed by atoms with Crippen LogP contribution in [0.1, 0.15) is 16.7 Å². The molecule has 3 aromatic rings. The predicted octanol–water partition coefficient (Wildman–Crippen LogP) is 5.36. The summed E-state index contributed by atoms with van der Waals surface area (Å²) in [6.45, 7) is 0. The van der Waals surface area contributed by atoms with Gasteiger partial charge in [0.1, 0.15) is 21.7 Å². The molecule has 0 aliphatic rings. The molecule has 0 aliphatic heterocycles. The van der Waals surface area contributed by atoms with Crippen LogP contribution in [0.15, 0.2) is 64.7 Å². The van der Waals surface area contributed by atoms with Crippen molar-refractivity contribution in [1.29, 1.82) is 5.26 Å². The van der Waals surface area contributed by atoms with Crippen molar-refractivity contribution >= 4 is 57.1 Å². The lowest BCUT2D eigenvalue weighted by Crippen LogP contribution is -1.91. The molecule has 0 spiro atoms. The summed E-state index contributed by atoms with van der Waals surface area (Å²) in [6.07, 6.45) is 1.74. The lowest BCUT2D eigenvalue weighted by atomic mass is 10.2. The lowest BCUT2D eigenvalue weighted by molar-refractivity contribution is 1.23. The third-order valence-corrected chi connectivity index (χ3v) is 5.80. The van der Waals surface area contributed by atoms with Crippen LogP contribution in [0.3, 0.4) is 0 Å². The maximum Gasteiger partial charge on any atom is 0.148 e. The molecular formula is C18H13IN4S2. The van der Waals surface area contributed by atoms with Gasteiger partial charge in [0, 0.05) is 9.32 Å². The van der Waals surface area contributed by atoms with Crippen molar-refractivity contribution in [3.8, 4) is 6.07 Å². The van der Waals surface area contributed by atoms with Crippen LogP contribution in [0.2, 0.25) is 0 Å². The number of aromatic nitrogens is 1. The van der Waals surface area contributed by atoms with Gasteiger partial charge in [-0.15, -0.1) is 0 Å². The summed E-state index contributed by atoms with van der Waals surface area (Å²) >= 11 is 5.08. The molecule has 0 saturated heterocycles. The average molecular weight is 476 g/mol. The Morgan fingerprint density at radius 3 is 2.84 bits per heavy atom. The van der Waals surface area contributed by atoms with E-state index < -0.39 is 0 Å². The molecule has 0 unspecified atom stereocenters. The van der Waals surface area contributed by atoms with Crippen LogP contribution in [0, 0.1) is 14.9 Å². The zero-order valence-corrected chi connectivity index (χ0v) is 16.8. The van der Waals surface area contributed by atoms with Crippen molar-refractivity contribution in [1.82, 2.24) is 4.37 Å². The van der Waals surface area contributed by atoms with E-state index in [1.54, 1.807) is 18.0 Å². The molecule has 25 heavy (non-hydrogen) atoms. The largest absolute Gasteiger partial charge is 0.266 e. The second-order valence-corrected chi connectivity index (χ2v) is 7.99. The van der Waals surface area contributed by atoms with Gasteiger partial charge in [0.05, 0.1) is 6.21 Å². The first kappa shape index (κ1) is 17.9. The normalized spacial score (nSPS) is 10.7. The molecule has 1 aromatic heterocycles. The van der Waals surface area contributed by atoms with Crippen molar-refractivity contribution < 1.29 is 0 Å². The quantitative estimate of drug-likeness (QED) is 0.225. The van der Waals surface area contributed by atoms with Crippen LogP contribution in [-0.4, -0.2) is 10.6 Å². The first-order chi connectivity index (χ1) is 12.3. The average Bonchev–Trinajstić information content (AvgIpc) is 3.03. The van der Waals surface area contributed by atoms with Gasteiger partial charge >= 0.3 is 0 Å². The van der Waals surface area contributed by atoms with Gasteiger partial charge in [0.2, 0.25) is 0 Å².